The minimum absolute atomic E-state index is 1.24. The number of rotatable bonds is 2. The van der Waals surface area contributed by atoms with E-state index in [4.69, 9.17) is 0 Å². The first-order valence-electron chi connectivity index (χ1n) is 5.25. The van der Waals surface area contributed by atoms with Crippen LogP contribution in [-0.4, -0.2) is 0 Å². The van der Waals surface area contributed by atoms with Gasteiger partial charge in [0.05, 0.1) is 0 Å². The zero-order chi connectivity index (χ0) is 11.4. The highest BCUT2D eigenvalue weighted by Gasteiger charge is 1.96. The van der Waals surface area contributed by atoms with Crippen LogP contribution in [0.3, 0.4) is 0 Å². The monoisotopic (exact) mass is 320 g/mol. The number of aryl methyl sites for hydroxylation is 1. The highest BCUT2D eigenvalue weighted by Crippen LogP contribution is 2.24. The van der Waals surface area contributed by atoms with E-state index in [1.54, 1.807) is 0 Å². The van der Waals surface area contributed by atoms with Crippen LogP contribution in [0, 0.1) is 6.92 Å². The fourth-order valence-corrected chi connectivity index (χ4v) is 2.21. The fraction of sp³-hybridized carbons (Fsp3) is 0.0667. The third kappa shape index (κ3) is 2.95. The van der Waals surface area contributed by atoms with Crippen LogP contribution < -0.4 is 0 Å². The Hall–Kier alpha value is -1.09. The highest BCUT2D eigenvalue weighted by atomic mass is 127. The molecule has 0 atom stereocenters. The summed E-state index contributed by atoms with van der Waals surface area (Å²) in [6.07, 6.45) is 2.20. The summed E-state index contributed by atoms with van der Waals surface area (Å²) < 4.78 is 1.27. The molecule has 2 rings (SSSR count). The Kier molecular flexibility index (Phi) is 3.78. The predicted molar refractivity (Wildman–Crippen MR) is 79.5 cm³/mol. The Bertz CT molecular complexity index is 481. The van der Waals surface area contributed by atoms with Gasteiger partial charge in [-0.1, -0.05) is 60.2 Å². The number of benzene rings is 2. The first-order chi connectivity index (χ1) is 7.75. The maximum atomic E-state index is 2.38. The maximum Gasteiger partial charge on any atom is 0.0208 e. The summed E-state index contributed by atoms with van der Waals surface area (Å²) in [6, 6.07) is 19.0. The van der Waals surface area contributed by atoms with Gasteiger partial charge in [-0.25, -0.2) is 0 Å². The molecule has 16 heavy (non-hydrogen) atoms. The number of hydrogen-bond donors (Lipinski definition) is 0. The van der Waals surface area contributed by atoms with Crippen LogP contribution in [0.15, 0.2) is 54.6 Å². The molecule has 0 aliphatic carbocycles. The summed E-state index contributed by atoms with van der Waals surface area (Å²) >= 11 is 2.38. The van der Waals surface area contributed by atoms with Crippen LogP contribution in [-0.2, 0) is 0 Å². The molecular weight excluding hydrogens is 307 g/mol. The minimum atomic E-state index is 1.24. The van der Waals surface area contributed by atoms with E-state index in [1.807, 2.05) is 6.07 Å². The van der Waals surface area contributed by atoms with Crippen molar-refractivity contribution in [1.29, 1.82) is 0 Å². The summed E-state index contributed by atoms with van der Waals surface area (Å²) in [5.74, 6) is 0. The van der Waals surface area contributed by atoms with Crippen molar-refractivity contribution in [3.05, 3.63) is 71.3 Å². The van der Waals surface area contributed by atoms with Crippen LogP contribution in [0.2, 0.25) is 0 Å². The van der Waals surface area contributed by atoms with E-state index in [9.17, 15) is 0 Å². The van der Waals surface area contributed by atoms with Crippen molar-refractivity contribution >= 4 is 32.2 Å². The van der Waals surface area contributed by atoms with Crippen LogP contribution in [0.25, 0.3) is 9.66 Å². The summed E-state index contributed by atoms with van der Waals surface area (Å²) in [7, 11) is 0. The topological polar surface area (TPSA) is 0 Å². The van der Waals surface area contributed by atoms with Gasteiger partial charge in [-0.2, -0.15) is 0 Å². The second kappa shape index (κ2) is 5.30. The molecule has 0 aromatic heterocycles. The Balaban J connectivity index is 2.28. The van der Waals surface area contributed by atoms with Crippen molar-refractivity contribution in [3.63, 3.8) is 0 Å². The van der Waals surface area contributed by atoms with Crippen LogP contribution >= 0.6 is 22.6 Å². The largest absolute Gasteiger partial charge is 0.0622 e. The van der Waals surface area contributed by atoms with E-state index in [0.717, 1.165) is 0 Å². The van der Waals surface area contributed by atoms with Crippen molar-refractivity contribution in [3.8, 4) is 0 Å². The molecular formula is C15H13I. The zero-order valence-electron chi connectivity index (χ0n) is 9.15. The zero-order valence-corrected chi connectivity index (χ0v) is 11.3. The quantitative estimate of drug-likeness (QED) is 0.544. The Morgan fingerprint density at radius 2 is 1.56 bits per heavy atom. The Morgan fingerprint density at radius 1 is 0.938 bits per heavy atom. The van der Waals surface area contributed by atoms with Gasteiger partial charge in [-0.15, -0.1) is 0 Å². The summed E-state index contributed by atoms with van der Waals surface area (Å²) in [5, 5.41) is 0. The van der Waals surface area contributed by atoms with E-state index in [2.05, 4.69) is 84.1 Å². The molecule has 0 radical (unpaired) electrons. The second-order valence-corrected chi connectivity index (χ2v) is 4.93. The summed E-state index contributed by atoms with van der Waals surface area (Å²) in [6.45, 7) is 2.11. The molecule has 0 N–H and O–H groups in total. The first-order valence-corrected chi connectivity index (χ1v) is 6.33. The Morgan fingerprint density at radius 3 is 2.19 bits per heavy atom. The van der Waals surface area contributed by atoms with Crippen molar-refractivity contribution in [2.24, 2.45) is 0 Å². The van der Waals surface area contributed by atoms with Gasteiger partial charge in [0.1, 0.15) is 0 Å². The molecule has 1 heteroatoms. The average molecular weight is 320 g/mol. The lowest BCUT2D eigenvalue weighted by Crippen LogP contribution is -1.78. The third-order valence-electron chi connectivity index (χ3n) is 2.42. The summed E-state index contributed by atoms with van der Waals surface area (Å²) in [5.41, 5.74) is 3.81. The van der Waals surface area contributed by atoms with Crippen molar-refractivity contribution in [2.45, 2.75) is 6.92 Å². The van der Waals surface area contributed by atoms with E-state index in [0.29, 0.717) is 0 Å². The molecule has 0 aliphatic heterocycles. The molecule has 0 saturated heterocycles. The predicted octanol–water partition coefficient (Wildman–Crippen LogP) is 4.93. The van der Waals surface area contributed by atoms with E-state index >= 15 is 0 Å². The van der Waals surface area contributed by atoms with Gasteiger partial charge in [0.25, 0.3) is 0 Å². The van der Waals surface area contributed by atoms with Gasteiger partial charge in [0.15, 0.2) is 0 Å². The standard InChI is InChI=1S/C15H13I/c1-12-7-9-14(10-8-12)15(16)11-13-5-3-2-4-6-13/h2-11H,1H3/b15-11-. The van der Waals surface area contributed by atoms with Crippen LogP contribution in [0.4, 0.5) is 0 Å². The molecule has 80 valence electrons. The maximum absolute atomic E-state index is 2.38. The van der Waals surface area contributed by atoms with Gasteiger partial charge in [-0.05, 0) is 46.7 Å². The molecule has 0 bridgehead atoms. The van der Waals surface area contributed by atoms with Crippen molar-refractivity contribution in [1.82, 2.24) is 0 Å². The van der Waals surface area contributed by atoms with Gasteiger partial charge in [0, 0.05) is 3.58 Å². The molecule has 0 spiro atoms. The lowest BCUT2D eigenvalue weighted by molar-refractivity contribution is 1.46. The minimum Gasteiger partial charge on any atom is -0.0622 e. The van der Waals surface area contributed by atoms with Crippen molar-refractivity contribution < 1.29 is 0 Å². The van der Waals surface area contributed by atoms with E-state index in [-0.39, 0.29) is 0 Å². The Labute approximate surface area is 110 Å². The molecule has 0 unspecified atom stereocenters. The lowest BCUT2D eigenvalue weighted by atomic mass is 10.1. The van der Waals surface area contributed by atoms with E-state index < -0.39 is 0 Å². The fourth-order valence-electron chi connectivity index (χ4n) is 1.49. The van der Waals surface area contributed by atoms with Gasteiger partial charge < -0.3 is 0 Å². The number of hydrogen-bond acceptors (Lipinski definition) is 0. The SMILES string of the molecule is Cc1ccc(/C(I)=C/c2ccccc2)cc1. The molecule has 2 aromatic rings. The van der Waals surface area contributed by atoms with Gasteiger partial charge in [0.2, 0.25) is 0 Å². The smallest absolute Gasteiger partial charge is 0.0208 e. The van der Waals surface area contributed by atoms with Crippen LogP contribution in [0.1, 0.15) is 16.7 Å². The second-order valence-electron chi connectivity index (χ2n) is 3.77. The first kappa shape index (κ1) is 11.4. The lowest BCUT2D eigenvalue weighted by Gasteiger charge is -2.01. The average Bonchev–Trinajstić information content (AvgIpc) is 2.31. The third-order valence-corrected chi connectivity index (χ3v) is 3.35. The van der Waals surface area contributed by atoms with E-state index in [1.165, 1.54) is 20.3 Å². The van der Waals surface area contributed by atoms with Gasteiger partial charge in [-0.3, -0.25) is 0 Å². The molecule has 0 amide bonds. The number of halogens is 1. The molecule has 0 nitrogen and oxygen atoms in total. The van der Waals surface area contributed by atoms with Crippen molar-refractivity contribution in [2.75, 3.05) is 0 Å². The molecule has 0 heterocycles. The molecule has 0 aliphatic rings. The van der Waals surface area contributed by atoms with Crippen LogP contribution in [0.5, 0.6) is 0 Å². The normalized spacial score (nSPS) is 11.5. The molecule has 0 saturated carbocycles. The molecule has 0 fully saturated rings. The summed E-state index contributed by atoms with van der Waals surface area (Å²) in [4.78, 5) is 0. The molecule has 2 aromatic carbocycles. The highest BCUT2D eigenvalue weighted by molar-refractivity contribution is 14.1. The van der Waals surface area contributed by atoms with Gasteiger partial charge >= 0.3 is 0 Å².